The van der Waals surface area contributed by atoms with Gasteiger partial charge in [-0.2, -0.15) is 0 Å². The van der Waals surface area contributed by atoms with Crippen molar-refractivity contribution in [2.24, 2.45) is 0 Å². The summed E-state index contributed by atoms with van der Waals surface area (Å²) in [5, 5.41) is 2.91. The van der Waals surface area contributed by atoms with E-state index in [0.29, 0.717) is 22.8 Å². The summed E-state index contributed by atoms with van der Waals surface area (Å²) in [5.74, 6) is 2.01. The largest absolute Gasteiger partial charge is 0.495 e. The zero-order chi connectivity index (χ0) is 16.8. The van der Waals surface area contributed by atoms with E-state index in [1.54, 1.807) is 25.1 Å². The lowest BCUT2D eigenvalue weighted by atomic mass is 10.2. The first-order chi connectivity index (χ1) is 11.8. The number of thioether (sulfide) groups is 1. The van der Waals surface area contributed by atoms with Gasteiger partial charge >= 0.3 is 0 Å². The number of carbonyl (C=O) groups is 1. The molecule has 3 rings (SSSR count). The Bertz CT molecular complexity index is 815. The lowest BCUT2D eigenvalue weighted by Gasteiger charge is -2.12. The molecule has 0 saturated carbocycles. The Morgan fingerprint density at radius 2 is 1.88 bits per heavy atom. The summed E-state index contributed by atoms with van der Waals surface area (Å²) < 4.78 is 10.6. The van der Waals surface area contributed by atoms with Crippen molar-refractivity contribution in [1.82, 2.24) is 0 Å². The van der Waals surface area contributed by atoms with Crippen molar-refractivity contribution in [3.8, 4) is 5.75 Å². The van der Waals surface area contributed by atoms with E-state index in [9.17, 15) is 4.79 Å². The van der Waals surface area contributed by atoms with Crippen molar-refractivity contribution >= 4 is 23.4 Å². The minimum atomic E-state index is -0.165. The molecule has 2 aromatic carbocycles. The molecule has 1 heterocycles. The number of benzene rings is 2. The van der Waals surface area contributed by atoms with E-state index in [4.69, 9.17) is 9.15 Å². The van der Waals surface area contributed by atoms with Gasteiger partial charge in [0.15, 0.2) is 0 Å². The third-order valence-corrected chi connectivity index (χ3v) is 4.53. The Labute approximate surface area is 144 Å². The maximum Gasteiger partial charge on any atom is 0.256 e. The number of carbonyl (C=O) groups excluding carboxylic acids is 1. The number of hydrogen-bond acceptors (Lipinski definition) is 4. The van der Waals surface area contributed by atoms with Crippen molar-refractivity contribution in [3.63, 3.8) is 0 Å². The predicted molar refractivity (Wildman–Crippen MR) is 95.7 cm³/mol. The van der Waals surface area contributed by atoms with Crippen molar-refractivity contribution in [2.75, 3.05) is 12.4 Å². The van der Waals surface area contributed by atoms with Crippen LogP contribution in [0.4, 0.5) is 5.69 Å². The van der Waals surface area contributed by atoms with Gasteiger partial charge < -0.3 is 14.5 Å². The van der Waals surface area contributed by atoms with Crippen LogP contribution in [0, 0.1) is 0 Å². The summed E-state index contributed by atoms with van der Waals surface area (Å²) in [6.07, 6.45) is 1.65. The highest BCUT2D eigenvalue weighted by atomic mass is 32.2. The van der Waals surface area contributed by atoms with E-state index in [0.717, 1.165) is 10.7 Å². The van der Waals surface area contributed by atoms with E-state index in [1.165, 1.54) is 0 Å². The molecule has 0 spiro atoms. The quantitative estimate of drug-likeness (QED) is 0.653. The van der Waals surface area contributed by atoms with Crippen molar-refractivity contribution < 1.29 is 13.9 Å². The lowest BCUT2D eigenvalue weighted by Crippen LogP contribution is -2.13. The maximum absolute atomic E-state index is 12.7. The SMILES string of the molecule is COc1ccccc1NC(=O)c1ccccc1SCc1ccco1. The van der Waals surface area contributed by atoms with Crippen LogP contribution in [0.5, 0.6) is 5.75 Å². The molecule has 5 heteroatoms. The summed E-state index contributed by atoms with van der Waals surface area (Å²) in [4.78, 5) is 13.6. The second kappa shape index (κ2) is 7.75. The van der Waals surface area contributed by atoms with Gasteiger partial charge in [-0.1, -0.05) is 24.3 Å². The number of ether oxygens (including phenoxy) is 1. The number of nitrogens with one attached hydrogen (secondary N) is 1. The first kappa shape index (κ1) is 16.2. The number of anilines is 1. The summed E-state index contributed by atoms with van der Waals surface area (Å²) in [7, 11) is 1.58. The number of para-hydroxylation sites is 2. The zero-order valence-electron chi connectivity index (χ0n) is 13.2. The summed E-state index contributed by atoms with van der Waals surface area (Å²) >= 11 is 1.57. The normalized spacial score (nSPS) is 10.4. The van der Waals surface area contributed by atoms with Gasteiger partial charge in [-0.25, -0.2) is 0 Å². The van der Waals surface area contributed by atoms with Crippen LogP contribution in [0.1, 0.15) is 16.1 Å². The molecule has 0 radical (unpaired) electrons. The second-order valence-corrected chi connectivity index (χ2v) is 6.04. The molecule has 0 bridgehead atoms. The number of amides is 1. The summed E-state index contributed by atoms with van der Waals surface area (Å²) in [5.41, 5.74) is 1.27. The van der Waals surface area contributed by atoms with E-state index in [2.05, 4.69) is 5.32 Å². The highest BCUT2D eigenvalue weighted by Gasteiger charge is 2.14. The average Bonchev–Trinajstić information content (AvgIpc) is 3.14. The summed E-state index contributed by atoms with van der Waals surface area (Å²) in [6.45, 7) is 0. The lowest BCUT2D eigenvalue weighted by molar-refractivity contribution is 0.102. The molecule has 1 amide bonds. The van der Waals surface area contributed by atoms with Crippen LogP contribution < -0.4 is 10.1 Å². The Kier molecular flexibility index (Phi) is 5.23. The van der Waals surface area contributed by atoms with Gasteiger partial charge in [-0.15, -0.1) is 11.8 Å². The van der Waals surface area contributed by atoms with Gasteiger partial charge in [0.05, 0.1) is 30.4 Å². The zero-order valence-corrected chi connectivity index (χ0v) is 14.0. The predicted octanol–water partition coefficient (Wildman–Crippen LogP) is 4.83. The molecule has 0 fully saturated rings. The van der Waals surface area contributed by atoms with Crippen LogP contribution in [-0.4, -0.2) is 13.0 Å². The molecular weight excluding hydrogens is 322 g/mol. The first-order valence-electron chi connectivity index (χ1n) is 7.46. The van der Waals surface area contributed by atoms with Crippen LogP contribution >= 0.6 is 11.8 Å². The minimum Gasteiger partial charge on any atom is -0.495 e. The fourth-order valence-corrected chi connectivity index (χ4v) is 3.21. The Morgan fingerprint density at radius 3 is 2.67 bits per heavy atom. The standard InChI is InChI=1S/C19H17NO3S/c1-22-17-10-4-3-9-16(17)20-19(21)15-8-2-5-11-18(15)24-13-14-7-6-12-23-14/h2-12H,13H2,1H3,(H,20,21). The molecule has 24 heavy (non-hydrogen) atoms. The van der Waals surface area contributed by atoms with Crippen molar-refractivity contribution in [1.29, 1.82) is 0 Å². The fraction of sp³-hybridized carbons (Fsp3) is 0.105. The third kappa shape index (κ3) is 3.81. The molecule has 122 valence electrons. The van der Waals surface area contributed by atoms with Gasteiger partial charge in [0.2, 0.25) is 0 Å². The number of rotatable bonds is 6. The van der Waals surface area contributed by atoms with E-state index >= 15 is 0 Å². The topological polar surface area (TPSA) is 51.5 Å². The smallest absolute Gasteiger partial charge is 0.256 e. The molecule has 0 atom stereocenters. The molecule has 0 unspecified atom stereocenters. The Morgan fingerprint density at radius 1 is 1.08 bits per heavy atom. The highest BCUT2D eigenvalue weighted by molar-refractivity contribution is 7.98. The van der Waals surface area contributed by atoms with Gasteiger partial charge in [-0.3, -0.25) is 4.79 Å². The molecular formula is C19H17NO3S. The van der Waals surface area contributed by atoms with E-state index < -0.39 is 0 Å². The van der Waals surface area contributed by atoms with Crippen LogP contribution in [0.3, 0.4) is 0 Å². The van der Waals surface area contributed by atoms with E-state index in [1.807, 2.05) is 60.7 Å². The molecule has 0 aliphatic carbocycles. The maximum atomic E-state index is 12.7. The van der Waals surface area contributed by atoms with Gasteiger partial charge in [0.1, 0.15) is 11.5 Å². The molecule has 0 saturated heterocycles. The van der Waals surface area contributed by atoms with Crippen LogP contribution in [0.2, 0.25) is 0 Å². The van der Waals surface area contributed by atoms with Gasteiger partial charge in [0.25, 0.3) is 5.91 Å². The van der Waals surface area contributed by atoms with Crippen LogP contribution in [0.25, 0.3) is 0 Å². The number of methoxy groups -OCH3 is 1. The van der Waals surface area contributed by atoms with Gasteiger partial charge in [-0.05, 0) is 36.4 Å². The van der Waals surface area contributed by atoms with Gasteiger partial charge in [0, 0.05) is 4.90 Å². The highest BCUT2D eigenvalue weighted by Crippen LogP contribution is 2.28. The molecule has 0 aliphatic heterocycles. The first-order valence-corrected chi connectivity index (χ1v) is 8.45. The molecule has 4 nitrogen and oxygen atoms in total. The van der Waals surface area contributed by atoms with Crippen molar-refractivity contribution in [3.05, 3.63) is 78.3 Å². The monoisotopic (exact) mass is 339 g/mol. The van der Waals surface area contributed by atoms with Crippen LogP contribution in [-0.2, 0) is 5.75 Å². The molecule has 3 aromatic rings. The Balaban J connectivity index is 1.77. The molecule has 1 N–H and O–H groups in total. The third-order valence-electron chi connectivity index (χ3n) is 3.44. The minimum absolute atomic E-state index is 0.165. The average molecular weight is 339 g/mol. The summed E-state index contributed by atoms with van der Waals surface area (Å²) in [6, 6.07) is 18.7. The molecule has 1 aromatic heterocycles. The number of hydrogen-bond donors (Lipinski definition) is 1. The van der Waals surface area contributed by atoms with E-state index in [-0.39, 0.29) is 5.91 Å². The number of furan rings is 1. The van der Waals surface area contributed by atoms with Crippen molar-refractivity contribution in [2.45, 2.75) is 10.6 Å². The second-order valence-electron chi connectivity index (χ2n) is 5.02. The fourth-order valence-electron chi connectivity index (χ4n) is 2.26. The van der Waals surface area contributed by atoms with Crippen LogP contribution in [0.15, 0.2) is 76.2 Å². The Hall–Kier alpha value is -2.66. The molecule has 0 aliphatic rings.